The number of rotatable bonds is 7. The lowest BCUT2D eigenvalue weighted by Crippen LogP contribution is -2.44. The van der Waals surface area contributed by atoms with Crippen molar-refractivity contribution in [3.8, 4) is 5.82 Å². The maximum Gasteiger partial charge on any atom is 0.417 e. The second kappa shape index (κ2) is 9.85. The number of nitrogens with one attached hydrogen (secondary N) is 2. The second-order valence-electron chi connectivity index (χ2n) is 7.81. The van der Waals surface area contributed by atoms with E-state index in [9.17, 15) is 22.8 Å². The Morgan fingerprint density at radius 1 is 1.03 bits per heavy atom. The number of benzene rings is 1. The molecule has 0 radical (unpaired) electrons. The van der Waals surface area contributed by atoms with Crippen molar-refractivity contribution in [1.29, 1.82) is 0 Å². The van der Waals surface area contributed by atoms with Gasteiger partial charge in [-0.3, -0.25) is 9.59 Å². The zero-order valence-corrected chi connectivity index (χ0v) is 18.3. The van der Waals surface area contributed by atoms with Crippen LogP contribution in [-0.4, -0.2) is 32.6 Å². The molecule has 2 heterocycles. The lowest BCUT2D eigenvalue weighted by atomic mass is 10.0. The fourth-order valence-corrected chi connectivity index (χ4v) is 3.23. The highest BCUT2D eigenvalue weighted by Crippen LogP contribution is 2.29. The summed E-state index contributed by atoms with van der Waals surface area (Å²) < 4.78 is 39.8. The third-order valence-corrected chi connectivity index (χ3v) is 4.94. The molecule has 2 aromatic heterocycles. The highest BCUT2D eigenvalue weighted by molar-refractivity contribution is 5.98. The van der Waals surface area contributed by atoms with Crippen molar-refractivity contribution in [2.45, 2.75) is 45.5 Å². The fourth-order valence-electron chi connectivity index (χ4n) is 3.23. The topological polar surface area (TPSA) is 88.9 Å². The normalized spacial score (nSPS) is 12.5. The number of carbonyl (C=O) groups excluding carboxylic acids is 2. The van der Waals surface area contributed by atoms with Crippen molar-refractivity contribution in [2.75, 3.05) is 0 Å². The monoisotopic (exact) mass is 459 g/mol. The van der Waals surface area contributed by atoms with Gasteiger partial charge in [0.1, 0.15) is 6.04 Å². The molecule has 0 saturated heterocycles. The predicted molar refractivity (Wildman–Crippen MR) is 116 cm³/mol. The lowest BCUT2D eigenvalue weighted by molar-refractivity contribution is -0.137. The Morgan fingerprint density at radius 2 is 1.73 bits per heavy atom. The molecule has 33 heavy (non-hydrogen) atoms. The van der Waals surface area contributed by atoms with Gasteiger partial charge >= 0.3 is 6.18 Å². The Balaban J connectivity index is 1.74. The summed E-state index contributed by atoms with van der Waals surface area (Å²) in [4.78, 5) is 29.1. The minimum Gasteiger partial charge on any atom is -0.350 e. The van der Waals surface area contributed by atoms with Gasteiger partial charge in [0.15, 0.2) is 5.82 Å². The molecule has 2 amide bonds. The van der Waals surface area contributed by atoms with Crippen LogP contribution in [0.4, 0.5) is 13.2 Å². The van der Waals surface area contributed by atoms with Crippen LogP contribution in [0.1, 0.15) is 53.9 Å². The molecule has 7 nitrogen and oxygen atoms in total. The zero-order valence-electron chi connectivity index (χ0n) is 18.3. The lowest BCUT2D eigenvalue weighted by Gasteiger charge is -2.16. The van der Waals surface area contributed by atoms with E-state index in [0.29, 0.717) is 12.2 Å². The fraction of sp³-hybridized carbons (Fsp3) is 0.304. The summed E-state index contributed by atoms with van der Waals surface area (Å²) in [7, 11) is 0. The first-order chi connectivity index (χ1) is 15.6. The molecular weight excluding hydrogens is 435 g/mol. The molecule has 3 rings (SSSR count). The molecule has 0 spiro atoms. The number of hydrogen-bond donors (Lipinski definition) is 2. The number of nitrogens with zero attached hydrogens (tertiary/aromatic N) is 3. The van der Waals surface area contributed by atoms with Gasteiger partial charge in [0, 0.05) is 12.7 Å². The third-order valence-electron chi connectivity index (χ3n) is 4.94. The van der Waals surface area contributed by atoms with Crippen LogP contribution < -0.4 is 10.6 Å². The highest BCUT2D eigenvalue weighted by atomic mass is 19.4. The SMILES string of the molecule is CC(NC(=O)c1cnn(-c2ccc(C(F)(F)F)cn2)c1C(C)C)C(=O)NCc1ccccc1. The van der Waals surface area contributed by atoms with Gasteiger partial charge in [0.05, 0.1) is 23.0 Å². The van der Waals surface area contributed by atoms with Crippen molar-refractivity contribution >= 4 is 11.8 Å². The number of aromatic nitrogens is 3. The number of pyridine rings is 1. The van der Waals surface area contributed by atoms with Gasteiger partial charge in [0.25, 0.3) is 5.91 Å². The van der Waals surface area contributed by atoms with Crippen LogP contribution in [0.3, 0.4) is 0 Å². The van der Waals surface area contributed by atoms with Gasteiger partial charge in [-0.2, -0.15) is 18.3 Å². The quantitative estimate of drug-likeness (QED) is 0.562. The first-order valence-corrected chi connectivity index (χ1v) is 10.3. The van der Waals surface area contributed by atoms with Gasteiger partial charge in [-0.15, -0.1) is 0 Å². The van der Waals surface area contributed by atoms with Gasteiger partial charge in [-0.1, -0.05) is 44.2 Å². The average Bonchev–Trinajstić information content (AvgIpc) is 3.23. The minimum atomic E-state index is -4.50. The van der Waals surface area contributed by atoms with Crippen molar-refractivity contribution < 1.29 is 22.8 Å². The van der Waals surface area contributed by atoms with Crippen LogP contribution in [0.25, 0.3) is 5.82 Å². The van der Waals surface area contributed by atoms with Crippen LogP contribution in [0.15, 0.2) is 54.9 Å². The highest BCUT2D eigenvalue weighted by Gasteiger charge is 2.31. The van der Waals surface area contributed by atoms with Gasteiger partial charge in [0.2, 0.25) is 5.91 Å². The summed E-state index contributed by atoms with van der Waals surface area (Å²) in [5.74, 6) is -0.909. The van der Waals surface area contributed by atoms with Crippen molar-refractivity contribution in [3.63, 3.8) is 0 Å². The molecule has 1 atom stereocenters. The molecule has 0 bridgehead atoms. The standard InChI is InChI=1S/C23H24F3N5O2/c1-14(2)20-18(13-29-31(20)19-10-9-17(12-27-19)23(24,25)26)22(33)30-15(3)21(32)28-11-16-7-5-4-6-8-16/h4-10,12-15H,11H2,1-3H3,(H,28,32)(H,30,33). The van der Waals surface area contributed by atoms with Crippen molar-refractivity contribution in [2.24, 2.45) is 0 Å². The molecule has 0 aliphatic rings. The molecule has 3 aromatic rings. The van der Waals surface area contributed by atoms with Crippen molar-refractivity contribution in [1.82, 2.24) is 25.4 Å². The molecule has 0 fully saturated rings. The molecule has 0 aliphatic heterocycles. The molecule has 0 aliphatic carbocycles. The molecule has 10 heteroatoms. The van der Waals surface area contributed by atoms with E-state index in [1.807, 2.05) is 44.2 Å². The van der Waals surface area contributed by atoms with Crippen LogP contribution in [0.5, 0.6) is 0 Å². The van der Waals surface area contributed by atoms with E-state index in [-0.39, 0.29) is 23.2 Å². The summed E-state index contributed by atoms with van der Waals surface area (Å²) >= 11 is 0. The van der Waals surface area contributed by atoms with Crippen LogP contribution >= 0.6 is 0 Å². The summed E-state index contributed by atoms with van der Waals surface area (Å²) in [6, 6.07) is 10.7. The van der Waals surface area contributed by atoms with Crippen LogP contribution in [-0.2, 0) is 17.5 Å². The summed E-state index contributed by atoms with van der Waals surface area (Å²) in [5, 5.41) is 9.57. The Morgan fingerprint density at radius 3 is 2.30 bits per heavy atom. The molecule has 174 valence electrons. The number of carbonyl (C=O) groups is 2. The van der Waals surface area contributed by atoms with Gasteiger partial charge in [-0.05, 0) is 30.5 Å². The van der Waals surface area contributed by atoms with Crippen molar-refractivity contribution in [3.05, 3.63) is 77.2 Å². The number of alkyl halides is 3. The third kappa shape index (κ3) is 5.76. The number of halogens is 3. The van der Waals surface area contributed by atoms with E-state index in [1.54, 1.807) is 6.92 Å². The molecular formula is C23H24F3N5O2. The summed E-state index contributed by atoms with van der Waals surface area (Å²) in [5.41, 5.74) is 0.737. The first kappa shape index (κ1) is 24.0. The minimum absolute atomic E-state index is 0.152. The number of hydrogen-bond acceptors (Lipinski definition) is 4. The molecule has 0 saturated carbocycles. The number of amides is 2. The van der Waals surface area contributed by atoms with E-state index >= 15 is 0 Å². The summed E-state index contributed by atoms with van der Waals surface area (Å²) in [6.45, 7) is 5.54. The maximum absolute atomic E-state index is 12.9. The van der Waals surface area contributed by atoms with E-state index < -0.39 is 23.7 Å². The van der Waals surface area contributed by atoms with Gasteiger partial charge in [-0.25, -0.2) is 9.67 Å². The second-order valence-corrected chi connectivity index (χ2v) is 7.81. The predicted octanol–water partition coefficient (Wildman–Crippen LogP) is 3.84. The van der Waals surface area contributed by atoms with E-state index in [1.165, 1.54) is 16.9 Å². The zero-order chi connectivity index (χ0) is 24.2. The maximum atomic E-state index is 12.9. The molecule has 1 unspecified atom stereocenters. The largest absolute Gasteiger partial charge is 0.417 e. The first-order valence-electron chi connectivity index (χ1n) is 10.3. The Kier molecular flexibility index (Phi) is 7.15. The van der Waals surface area contributed by atoms with Crippen LogP contribution in [0, 0.1) is 0 Å². The van der Waals surface area contributed by atoms with Gasteiger partial charge < -0.3 is 10.6 Å². The van der Waals surface area contributed by atoms with E-state index in [4.69, 9.17) is 0 Å². The average molecular weight is 459 g/mol. The smallest absolute Gasteiger partial charge is 0.350 e. The molecule has 1 aromatic carbocycles. The van der Waals surface area contributed by atoms with E-state index in [2.05, 4.69) is 20.7 Å². The Hall–Kier alpha value is -3.69. The molecule has 2 N–H and O–H groups in total. The Labute approximate surface area is 189 Å². The van der Waals surface area contributed by atoms with E-state index in [0.717, 1.165) is 17.8 Å². The van der Waals surface area contributed by atoms with Crippen LogP contribution in [0.2, 0.25) is 0 Å². The Bertz CT molecular complexity index is 1110. The summed E-state index contributed by atoms with van der Waals surface area (Å²) in [6.07, 6.45) is -2.46.